The number of para-hydroxylation sites is 1. The fourth-order valence-electron chi connectivity index (χ4n) is 3.15. The van der Waals surface area contributed by atoms with Gasteiger partial charge in [-0.1, -0.05) is 54.6 Å². The molecular weight excluding hydrogens is 324 g/mol. The number of benzene rings is 2. The van der Waals surface area contributed by atoms with E-state index in [4.69, 9.17) is 4.74 Å². The van der Waals surface area contributed by atoms with Gasteiger partial charge in [0.1, 0.15) is 0 Å². The molecule has 3 rings (SSSR count). The molecule has 1 atom stereocenters. The van der Waals surface area contributed by atoms with Gasteiger partial charge in [0, 0.05) is 24.2 Å². The summed E-state index contributed by atoms with van der Waals surface area (Å²) in [5, 5.41) is 4.64. The summed E-state index contributed by atoms with van der Waals surface area (Å²) in [6.45, 7) is 6.80. The van der Waals surface area contributed by atoms with Gasteiger partial charge in [0.15, 0.2) is 0 Å². The summed E-state index contributed by atoms with van der Waals surface area (Å²) in [4.78, 5) is 12.3. The molecule has 0 aliphatic heterocycles. The lowest BCUT2D eigenvalue weighted by molar-refractivity contribution is 0.155. The first-order valence-electron chi connectivity index (χ1n) is 8.90. The van der Waals surface area contributed by atoms with Crippen molar-refractivity contribution in [2.45, 2.75) is 25.9 Å². The maximum absolute atomic E-state index is 12.3. The summed E-state index contributed by atoms with van der Waals surface area (Å²) in [6, 6.07) is 18.2. The average Bonchev–Trinajstić information content (AvgIpc) is 3.06. The summed E-state index contributed by atoms with van der Waals surface area (Å²) in [5.74, 6) is 0. The van der Waals surface area contributed by atoms with Crippen LogP contribution in [0.1, 0.15) is 30.5 Å². The Labute approximate surface area is 154 Å². The number of hydrogen-bond donors (Lipinski definition) is 1. The molecule has 4 nitrogen and oxygen atoms in total. The zero-order chi connectivity index (χ0) is 18.4. The van der Waals surface area contributed by atoms with Gasteiger partial charge < -0.3 is 10.1 Å². The minimum absolute atomic E-state index is 0.0632. The van der Waals surface area contributed by atoms with Crippen molar-refractivity contribution in [2.24, 2.45) is 0 Å². The average molecular weight is 348 g/mol. The third-order valence-electron chi connectivity index (χ3n) is 4.38. The van der Waals surface area contributed by atoms with E-state index in [0.717, 1.165) is 29.4 Å². The molecule has 0 radical (unpaired) electrons. The predicted octanol–water partition coefficient (Wildman–Crippen LogP) is 5.05. The van der Waals surface area contributed by atoms with Crippen LogP contribution in [0.2, 0.25) is 0 Å². The molecule has 4 heteroatoms. The first kappa shape index (κ1) is 18.0. The molecule has 1 aromatic heterocycles. The molecule has 0 amide bonds. The number of fused-ring (bicyclic) bond motifs is 1. The summed E-state index contributed by atoms with van der Waals surface area (Å²) >= 11 is 0. The summed E-state index contributed by atoms with van der Waals surface area (Å²) in [7, 11) is 0. The van der Waals surface area contributed by atoms with Gasteiger partial charge in [-0.3, -0.25) is 4.57 Å². The highest BCUT2D eigenvalue weighted by atomic mass is 16.5. The third-order valence-corrected chi connectivity index (χ3v) is 4.38. The molecule has 26 heavy (non-hydrogen) atoms. The highest BCUT2D eigenvalue weighted by Gasteiger charge is 2.19. The summed E-state index contributed by atoms with van der Waals surface area (Å²) < 4.78 is 6.79. The molecule has 1 heterocycles. The zero-order valence-electron chi connectivity index (χ0n) is 15.0. The van der Waals surface area contributed by atoms with Crippen molar-refractivity contribution in [2.75, 3.05) is 6.61 Å². The molecule has 0 spiro atoms. The largest absolute Gasteiger partial charge is 0.449 e. The van der Waals surface area contributed by atoms with Gasteiger partial charge in [-0.25, -0.2) is 4.79 Å². The maximum Gasteiger partial charge on any atom is 0.418 e. The van der Waals surface area contributed by atoms with Gasteiger partial charge in [-0.05, 0) is 30.5 Å². The second-order valence-electron chi connectivity index (χ2n) is 6.11. The van der Waals surface area contributed by atoms with Gasteiger partial charge in [0.2, 0.25) is 0 Å². The Morgan fingerprint density at radius 2 is 1.92 bits per heavy atom. The maximum atomic E-state index is 12.3. The number of hydrogen-bond acceptors (Lipinski definition) is 3. The van der Waals surface area contributed by atoms with E-state index in [2.05, 4.69) is 24.0 Å². The van der Waals surface area contributed by atoms with Crippen molar-refractivity contribution in [1.82, 2.24) is 9.88 Å². The fraction of sp³-hybridized carbons (Fsp3) is 0.227. The second-order valence-corrected chi connectivity index (χ2v) is 6.11. The van der Waals surface area contributed by atoms with E-state index < -0.39 is 0 Å². The molecule has 134 valence electrons. The molecule has 0 fully saturated rings. The van der Waals surface area contributed by atoms with Crippen molar-refractivity contribution in [3.05, 3.63) is 84.6 Å². The first-order chi connectivity index (χ1) is 12.7. The molecule has 0 aliphatic carbocycles. The number of aromatic nitrogens is 1. The Kier molecular flexibility index (Phi) is 5.87. The fourth-order valence-corrected chi connectivity index (χ4v) is 3.15. The van der Waals surface area contributed by atoms with Gasteiger partial charge in [0.25, 0.3) is 0 Å². The van der Waals surface area contributed by atoms with Crippen LogP contribution in [0.4, 0.5) is 4.79 Å². The monoisotopic (exact) mass is 348 g/mol. The highest BCUT2D eigenvalue weighted by Crippen LogP contribution is 2.29. The topological polar surface area (TPSA) is 43.3 Å². The van der Waals surface area contributed by atoms with Crippen LogP contribution >= 0.6 is 0 Å². The molecule has 0 saturated carbocycles. The van der Waals surface area contributed by atoms with E-state index in [1.54, 1.807) is 4.57 Å². The number of ether oxygens (including phenoxy) is 1. The van der Waals surface area contributed by atoms with Crippen LogP contribution in [-0.2, 0) is 11.3 Å². The molecule has 0 bridgehead atoms. The predicted molar refractivity (Wildman–Crippen MR) is 105 cm³/mol. The quantitative estimate of drug-likeness (QED) is 0.607. The number of rotatable bonds is 7. The Hall–Kier alpha value is -2.85. The van der Waals surface area contributed by atoms with Gasteiger partial charge in [-0.15, -0.1) is 6.58 Å². The van der Waals surface area contributed by atoms with Crippen LogP contribution in [0, 0.1) is 0 Å². The standard InChI is InChI=1S/C22H24N2O2/c1-3-10-20(23-15-17-11-6-5-7-12-17)19-16-24(22(25)26-4-2)21-14-9-8-13-18(19)21/h3,5-9,11-14,16,20,23H,1,4,10,15H2,2H3. The molecular formula is C22H24N2O2. The highest BCUT2D eigenvalue weighted by molar-refractivity contribution is 5.92. The van der Waals surface area contributed by atoms with E-state index >= 15 is 0 Å². The van der Waals surface area contributed by atoms with E-state index in [1.165, 1.54) is 5.56 Å². The number of carbonyl (C=O) groups excluding carboxylic acids is 1. The van der Waals surface area contributed by atoms with E-state index in [-0.39, 0.29) is 12.1 Å². The Morgan fingerprint density at radius 1 is 1.19 bits per heavy atom. The van der Waals surface area contributed by atoms with Crippen molar-refractivity contribution >= 4 is 17.0 Å². The zero-order valence-corrected chi connectivity index (χ0v) is 15.0. The molecule has 0 aliphatic rings. The summed E-state index contributed by atoms with van der Waals surface area (Å²) in [5.41, 5.74) is 3.15. The van der Waals surface area contributed by atoms with Gasteiger partial charge >= 0.3 is 6.09 Å². The van der Waals surface area contributed by atoms with Crippen molar-refractivity contribution in [3.8, 4) is 0 Å². The van der Waals surface area contributed by atoms with E-state index in [9.17, 15) is 4.79 Å². The van der Waals surface area contributed by atoms with Crippen LogP contribution < -0.4 is 5.32 Å². The third kappa shape index (κ3) is 3.86. The molecule has 0 saturated heterocycles. The van der Waals surface area contributed by atoms with Gasteiger partial charge in [0.05, 0.1) is 12.1 Å². The second kappa shape index (κ2) is 8.50. The molecule has 2 aromatic carbocycles. The van der Waals surface area contributed by atoms with E-state index in [1.807, 2.05) is 61.7 Å². The molecule has 3 aromatic rings. The van der Waals surface area contributed by atoms with Crippen molar-refractivity contribution < 1.29 is 9.53 Å². The number of nitrogens with zero attached hydrogens (tertiary/aromatic N) is 1. The minimum Gasteiger partial charge on any atom is -0.449 e. The Morgan fingerprint density at radius 3 is 2.65 bits per heavy atom. The minimum atomic E-state index is -0.352. The SMILES string of the molecule is C=CCC(NCc1ccccc1)c1cn(C(=O)OCC)c2ccccc12. The summed E-state index contributed by atoms with van der Waals surface area (Å²) in [6.07, 6.45) is 4.20. The van der Waals surface area contributed by atoms with Crippen LogP contribution in [0.15, 0.2) is 73.4 Å². The number of carbonyl (C=O) groups is 1. The lowest BCUT2D eigenvalue weighted by atomic mass is 10.0. The first-order valence-corrected chi connectivity index (χ1v) is 8.90. The van der Waals surface area contributed by atoms with Crippen LogP contribution in [0.25, 0.3) is 10.9 Å². The van der Waals surface area contributed by atoms with Gasteiger partial charge in [-0.2, -0.15) is 0 Å². The van der Waals surface area contributed by atoms with E-state index in [0.29, 0.717) is 6.61 Å². The lowest BCUT2D eigenvalue weighted by Gasteiger charge is -2.17. The number of nitrogens with one attached hydrogen (secondary N) is 1. The van der Waals surface area contributed by atoms with Crippen LogP contribution in [0.3, 0.4) is 0 Å². The Balaban J connectivity index is 1.94. The van der Waals surface area contributed by atoms with Crippen molar-refractivity contribution in [1.29, 1.82) is 0 Å². The Bertz CT molecular complexity index is 884. The van der Waals surface area contributed by atoms with Crippen LogP contribution in [-0.4, -0.2) is 17.3 Å². The molecule has 1 N–H and O–H groups in total. The van der Waals surface area contributed by atoms with Crippen LogP contribution in [0.5, 0.6) is 0 Å². The smallest absolute Gasteiger partial charge is 0.418 e. The lowest BCUT2D eigenvalue weighted by Crippen LogP contribution is -2.20. The van der Waals surface area contributed by atoms with Crippen molar-refractivity contribution in [3.63, 3.8) is 0 Å². The normalized spacial score (nSPS) is 12.0. The molecule has 1 unspecified atom stereocenters.